The molecule has 1 saturated carbocycles. The summed E-state index contributed by atoms with van der Waals surface area (Å²) >= 11 is 2.05. The number of nitrogens with zero attached hydrogens (tertiary/aromatic N) is 2. The van der Waals surface area contributed by atoms with Crippen molar-refractivity contribution < 1.29 is 0 Å². The lowest BCUT2D eigenvalue weighted by Gasteiger charge is -2.20. The molecule has 4 heteroatoms. The molecule has 2 rings (SSSR count). The van der Waals surface area contributed by atoms with Crippen molar-refractivity contribution in [2.24, 2.45) is 0 Å². The number of aryl methyl sites for hydroxylation is 2. The highest BCUT2D eigenvalue weighted by molar-refractivity contribution is 7.99. The second-order valence-electron chi connectivity index (χ2n) is 5.71. The van der Waals surface area contributed by atoms with Crippen molar-refractivity contribution in [3.63, 3.8) is 0 Å². The summed E-state index contributed by atoms with van der Waals surface area (Å²) < 4.78 is 0. The molecule has 1 aliphatic carbocycles. The van der Waals surface area contributed by atoms with Crippen molar-refractivity contribution in [3.8, 4) is 0 Å². The smallest absolute Gasteiger partial charge is 0.138 e. The standard InChI is InChI=1S/C16H27N3S/c1-12-15(9-10-17-3)13(2)19-16(18-12)11-20-14-7-5-4-6-8-14/h14,17H,4-11H2,1-3H3. The Morgan fingerprint density at radius 1 is 1.10 bits per heavy atom. The topological polar surface area (TPSA) is 37.8 Å². The minimum atomic E-state index is 0.830. The fourth-order valence-corrected chi connectivity index (χ4v) is 4.09. The zero-order chi connectivity index (χ0) is 14.4. The van der Waals surface area contributed by atoms with Crippen molar-refractivity contribution in [1.29, 1.82) is 0 Å². The molecule has 0 amide bonds. The first-order valence-corrected chi connectivity index (χ1v) is 8.84. The quantitative estimate of drug-likeness (QED) is 0.872. The molecule has 1 aromatic rings. The summed E-state index contributed by atoms with van der Waals surface area (Å²) in [5.41, 5.74) is 3.63. The maximum atomic E-state index is 4.71. The Kier molecular flexibility index (Phi) is 6.30. The van der Waals surface area contributed by atoms with Crippen LogP contribution < -0.4 is 5.32 Å². The van der Waals surface area contributed by atoms with Crippen molar-refractivity contribution >= 4 is 11.8 Å². The summed E-state index contributed by atoms with van der Waals surface area (Å²) in [5, 5.41) is 4.02. The highest BCUT2D eigenvalue weighted by Crippen LogP contribution is 2.30. The number of hydrogen-bond donors (Lipinski definition) is 1. The Morgan fingerprint density at radius 2 is 1.75 bits per heavy atom. The van der Waals surface area contributed by atoms with E-state index >= 15 is 0 Å². The lowest BCUT2D eigenvalue weighted by Crippen LogP contribution is -2.14. The average molecular weight is 293 g/mol. The molecule has 0 unspecified atom stereocenters. The second kappa shape index (κ2) is 7.99. The van der Waals surface area contributed by atoms with Gasteiger partial charge in [0.05, 0.1) is 5.75 Å². The monoisotopic (exact) mass is 293 g/mol. The van der Waals surface area contributed by atoms with Gasteiger partial charge in [-0.15, -0.1) is 0 Å². The van der Waals surface area contributed by atoms with E-state index < -0.39 is 0 Å². The zero-order valence-corrected chi connectivity index (χ0v) is 13.9. The summed E-state index contributed by atoms with van der Waals surface area (Å²) in [4.78, 5) is 9.42. The lowest BCUT2D eigenvalue weighted by molar-refractivity contribution is 0.516. The third-order valence-corrected chi connectivity index (χ3v) is 5.46. The molecule has 0 spiro atoms. The number of thioether (sulfide) groups is 1. The first kappa shape index (κ1) is 15.8. The molecule has 112 valence electrons. The Balaban J connectivity index is 1.94. The SMILES string of the molecule is CNCCc1c(C)nc(CSC2CCCCC2)nc1C. The second-order valence-corrected chi connectivity index (χ2v) is 7.00. The van der Waals surface area contributed by atoms with Crippen LogP contribution in [0.3, 0.4) is 0 Å². The zero-order valence-electron chi connectivity index (χ0n) is 13.0. The van der Waals surface area contributed by atoms with E-state index in [1.807, 2.05) is 7.05 Å². The van der Waals surface area contributed by atoms with Crippen LogP contribution in [-0.2, 0) is 12.2 Å². The van der Waals surface area contributed by atoms with Gasteiger partial charge in [0.25, 0.3) is 0 Å². The van der Waals surface area contributed by atoms with Crippen LogP contribution in [0.15, 0.2) is 0 Å². The highest BCUT2D eigenvalue weighted by atomic mass is 32.2. The number of aromatic nitrogens is 2. The van der Waals surface area contributed by atoms with Gasteiger partial charge in [-0.05, 0) is 52.3 Å². The maximum absolute atomic E-state index is 4.71. The van der Waals surface area contributed by atoms with Crippen molar-refractivity contribution in [2.45, 2.75) is 63.4 Å². The fourth-order valence-electron chi connectivity index (χ4n) is 2.91. The molecular formula is C16H27N3S. The van der Waals surface area contributed by atoms with Gasteiger partial charge in [-0.2, -0.15) is 11.8 Å². The predicted octanol–water partition coefficient (Wildman–Crippen LogP) is 3.42. The van der Waals surface area contributed by atoms with Crippen LogP contribution >= 0.6 is 11.8 Å². The molecule has 3 nitrogen and oxygen atoms in total. The van der Waals surface area contributed by atoms with Crippen LogP contribution in [-0.4, -0.2) is 28.8 Å². The Labute approximate surface area is 127 Å². The van der Waals surface area contributed by atoms with Gasteiger partial charge in [-0.3, -0.25) is 0 Å². The summed E-state index contributed by atoms with van der Waals surface area (Å²) in [7, 11) is 1.99. The van der Waals surface area contributed by atoms with Gasteiger partial charge in [0.2, 0.25) is 0 Å². The van der Waals surface area contributed by atoms with Crippen LogP contribution in [0.5, 0.6) is 0 Å². The number of rotatable bonds is 6. The molecule has 1 N–H and O–H groups in total. The van der Waals surface area contributed by atoms with Crippen LogP contribution in [0.2, 0.25) is 0 Å². The van der Waals surface area contributed by atoms with E-state index in [9.17, 15) is 0 Å². The molecule has 1 heterocycles. The molecular weight excluding hydrogens is 266 g/mol. The molecule has 0 saturated heterocycles. The maximum Gasteiger partial charge on any atom is 0.138 e. The number of likely N-dealkylation sites (N-methyl/N-ethyl adjacent to an activating group) is 1. The van der Waals surface area contributed by atoms with E-state index in [4.69, 9.17) is 9.97 Å². The lowest BCUT2D eigenvalue weighted by atomic mass is 10.0. The molecule has 0 bridgehead atoms. The van der Waals surface area contributed by atoms with Gasteiger partial charge in [0, 0.05) is 16.6 Å². The van der Waals surface area contributed by atoms with Crippen molar-refractivity contribution in [3.05, 3.63) is 22.8 Å². The molecule has 1 aromatic heterocycles. The summed E-state index contributed by atoms with van der Waals surface area (Å²) in [6.45, 7) is 5.23. The van der Waals surface area contributed by atoms with Gasteiger partial charge < -0.3 is 5.32 Å². The summed E-state index contributed by atoms with van der Waals surface area (Å²) in [5.74, 6) is 1.99. The van der Waals surface area contributed by atoms with Gasteiger partial charge >= 0.3 is 0 Å². The van der Waals surface area contributed by atoms with E-state index in [-0.39, 0.29) is 0 Å². The van der Waals surface area contributed by atoms with Crippen LogP contribution in [0.1, 0.15) is 54.9 Å². The van der Waals surface area contributed by atoms with E-state index in [2.05, 4.69) is 30.9 Å². The number of hydrogen-bond acceptors (Lipinski definition) is 4. The van der Waals surface area contributed by atoms with Crippen molar-refractivity contribution in [1.82, 2.24) is 15.3 Å². The predicted molar refractivity (Wildman–Crippen MR) is 87.3 cm³/mol. The minimum Gasteiger partial charge on any atom is -0.319 e. The van der Waals surface area contributed by atoms with Gasteiger partial charge in [-0.25, -0.2) is 9.97 Å². The van der Waals surface area contributed by atoms with Crippen LogP contribution in [0.25, 0.3) is 0 Å². The molecule has 0 aromatic carbocycles. The van der Waals surface area contributed by atoms with Crippen LogP contribution in [0.4, 0.5) is 0 Å². The first-order chi connectivity index (χ1) is 9.70. The first-order valence-electron chi connectivity index (χ1n) is 7.80. The Bertz CT molecular complexity index is 405. The molecule has 0 radical (unpaired) electrons. The van der Waals surface area contributed by atoms with Gasteiger partial charge in [0.15, 0.2) is 0 Å². The van der Waals surface area contributed by atoms with Crippen molar-refractivity contribution in [2.75, 3.05) is 13.6 Å². The van der Waals surface area contributed by atoms with E-state index in [0.29, 0.717) is 0 Å². The largest absolute Gasteiger partial charge is 0.319 e. The van der Waals surface area contributed by atoms with Gasteiger partial charge in [0.1, 0.15) is 5.82 Å². The third-order valence-electron chi connectivity index (χ3n) is 4.09. The highest BCUT2D eigenvalue weighted by Gasteiger charge is 2.15. The molecule has 0 atom stereocenters. The Morgan fingerprint density at radius 3 is 2.35 bits per heavy atom. The van der Waals surface area contributed by atoms with E-state index in [0.717, 1.165) is 41.2 Å². The molecule has 0 aliphatic heterocycles. The van der Waals surface area contributed by atoms with E-state index in [1.165, 1.54) is 37.7 Å². The molecule has 1 fully saturated rings. The normalized spacial score (nSPS) is 16.6. The number of nitrogens with one attached hydrogen (secondary N) is 1. The third kappa shape index (κ3) is 4.45. The summed E-state index contributed by atoms with van der Waals surface area (Å²) in [6.07, 6.45) is 8.00. The van der Waals surface area contributed by atoms with E-state index in [1.54, 1.807) is 0 Å². The fraction of sp³-hybridized carbons (Fsp3) is 0.750. The average Bonchev–Trinajstić information content (AvgIpc) is 2.45. The molecule has 20 heavy (non-hydrogen) atoms. The summed E-state index contributed by atoms with van der Waals surface area (Å²) in [6, 6.07) is 0. The molecule has 1 aliphatic rings. The Hall–Kier alpha value is -0.610. The van der Waals surface area contributed by atoms with Crippen LogP contribution in [0, 0.1) is 13.8 Å². The minimum absolute atomic E-state index is 0.830. The van der Waals surface area contributed by atoms with Gasteiger partial charge in [-0.1, -0.05) is 19.3 Å².